The first kappa shape index (κ1) is 18.6. The van der Waals surface area contributed by atoms with Gasteiger partial charge in [-0.15, -0.1) is 11.6 Å². The Bertz CT molecular complexity index is 399. The van der Waals surface area contributed by atoms with Crippen molar-refractivity contribution in [3.63, 3.8) is 0 Å². The maximum absolute atomic E-state index is 6.57. The Morgan fingerprint density at radius 3 is 2.70 bits per heavy atom. The van der Waals surface area contributed by atoms with Crippen LogP contribution in [-0.2, 0) is 0 Å². The van der Waals surface area contributed by atoms with Crippen molar-refractivity contribution >= 4 is 17.4 Å². The SMILES string of the molecule is CCCCC(CC)CN1CC=CC(Cl)C1=NN1CCC(C)CC1. The van der Waals surface area contributed by atoms with Gasteiger partial charge in [-0.05, 0) is 31.1 Å². The van der Waals surface area contributed by atoms with E-state index in [4.69, 9.17) is 16.7 Å². The van der Waals surface area contributed by atoms with Crippen molar-refractivity contribution in [1.29, 1.82) is 0 Å². The molecule has 0 saturated carbocycles. The van der Waals surface area contributed by atoms with Crippen LogP contribution in [0.3, 0.4) is 0 Å². The van der Waals surface area contributed by atoms with Crippen LogP contribution in [-0.4, -0.2) is 47.3 Å². The lowest BCUT2D eigenvalue weighted by atomic mass is 9.98. The fourth-order valence-electron chi connectivity index (χ4n) is 3.42. The van der Waals surface area contributed by atoms with Crippen LogP contribution in [0.15, 0.2) is 17.3 Å². The topological polar surface area (TPSA) is 18.8 Å². The highest BCUT2D eigenvalue weighted by molar-refractivity contribution is 6.33. The number of piperidine rings is 1. The molecule has 23 heavy (non-hydrogen) atoms. The molecule has 2 unspecified atom stereocenters. The van der Waals surface area contributed by atoms with Gasteiger partial charge in [0.2, 0.25) is 0 Å². The van der Waals surface area contributed by atoms with Crippen molar-refractivity contribution < 1.29 is 0 Å². The number of amidine groups is 1. The quantitative estimate of drug-likeness (QED) is 0.493. The summed E-state index contributed by atoms with van der Waals surface area (Å²) in [6, 6.07) is 0. The maximum Gasteiger partial charge on any atom is 0.147 e. The zero-order chi connectivity index (χ0) is 16.7. The van der Waals surface area contributed by atoms with Crippen molar-refractivity contribution in [2.45, 2.75) is 64.7 Å². The number of alkyl halides is 1. The summed E-state index contributed by atoms with van der Waals surface area (Å²) in [5.74, 6) is 2.65. The Labute approximate surface area is 147 Å². The normalized spacial score (nSPS) is 26.1. The molecule has 2 heterocycles. The van der Waals surface area contributed by atoms with E-state index in [1.165, 1.54) is 38.5 Å². The minimum absolute atomic E-state index is 0.0771. The summed E-state index contributed by atoms with van der Waals surface area (Å²) in [6.07, 6.45) is 11.9. The van der Waals surface area contributed by atoms with Crippen LogP contribution in [0.5, 0.6) is 0 Å². The predicted octanol–water partition coefficient (Wildman–Crippen LogP) is 4.73. The molecule has 2 aliphatic heterocycles. The number of halogens is 1. The number of unbranched alkanes of at least 4 members (excludes halogenated alkanes) is 1. The number of hydrazone groups is 1. The third-order valence-electron chi connectivity index (χ3n) is 5.23. The van der Waals surface area contributed by atoms with E-state index in [0.29, 0.717) is 0 Å². The largest absolute Gasteiger partial charge is 0.353 e. The monoisotopic (exact) mass is 339 g/mol. The lowest BCUT2D eigenvalue weighted by Crippen LogP contribution is -2.44. The van der Waals surface area contributed by atoms with Crippen molar-refractivity contribution in [2.75, 3.05) is 26.2 Å². The Kier molecular flexibility index (Phi) is 7.75. The summed E-state index contributed by atoms with van der Waals surface area (Å²) in [5.41, 5.74) is 0. The molecule has 0 spiro atoms. The second-order valence-corrected chi connectivity index (χ2v) is 7.72. The van der Waals surface area contributed by atoms with Gasteiger partial charge in [-0.3, -0.25) is 5.01 Å². The van der Waals surface area contributed by atoms with Crippen LogP contribution in [0.4, 0.5) is 0 Å². The summed E-state index contributed by atoms with van der Waals surface area (Å²) in [6.45, 7) is 11.1. The number of hydrogen-bond acceptors (Lipinski definition) is 2. The standard InChI is InChI=1S/C19H34ClN3/c1-4-6-8-17(5-2)15-22-12-7-9-18(20)19(22)21-23-13-10-16(3)11-14-23/h7,9,16-18H,4-6,8,10-15H2,1-3H3. The highest BCUT2D eigenvalue weighted by Crippen LogP contribution is 2.21. The third kappa shape index (κ3) is 5.70. The van der Waals surface area contributed by atoms with Gasteiger partial charge in [0.25, 0.3) is 0 Å². The van der Waals surface area contributed by atoms with E-state index in [1.807, 2.05) is 0 Å². The fraction of sp³-hybridized carbons (Fsp3) is 0.842. The van der Waals surface area contributed by atoms with Gasteiger partial charge < -0.3 is 4.90 Å². The molecule has 0 N–H and O–H groups in total. The molecule has 0 aromatic heterocycles. The van der Waals surface area contributed by atoms with E-state index in [9.17, 15) is 0 Å². The third-order valence-corrected chi connectivity index (χ3v) is 5.57. The molecule has 0 bridgehead atoms. The van der Waals surface area contributed by atoms with Crippen molar-refractivity contribution in [2.24, 2.45) is 16.9 Å². The van der Waals surface area contributed by atoms with Crippen LogP contribution < -0.4 is 0 Å². The molecular formula is C19H34ClN3. The van der Waals surface area contributed by atoms with Gasteiger partial charge in [0.15, 0.2) is 0 Å². The highest BCUT2D eigenvalue weighted by Gasteiger charge is 2.25. The first-order valence-electron chi connectivity index (χ1n) is 9.53. The molecule has 0 aliphatic carbocycles. The van der Waals surface area contributed by atoms with E-state index >= 15 is 0 Å². The molecule has 0 amide bonds. The summed E-state index contributed by atoms with van der Waals surface area (Å²) in [7, 11) is 0. The van der Waals surface area contributed by atoms with Crippen molar-refractivity contribution in [1.82, 2.24) is 9.91 Å². The lowest BCUT2D eigenvalue weighted by Gasteiger charge is -2.35. The van der Waals surface area contributed by atoms with Crippen LogP contribution >= 0.6 is 11.6 Å². The molecule has 132 valence electrons. The first-order chi connectivity index (χ1) is 11.1. The second kappa shape index (κ2) is 9.56. The van der Waals surface area contributed by atoms with Gasteiger partial charge in [0.05, 0.1) is 0 Å². The molecule has 2 aliphatic rings. The summed E-state index contributed by atoms with van der Waals surface area (Å²) in [5, 5.41) is 7.12. The first-order valence-corrected chi connectivity index (χ1v) is 9.96. The van der Waals surface area contributed by atoms with Gasteiger partial charge in [0.1, 0.15) is 11.2 Å². The zero-order valence-corrected chi connectivity index (χ0v) is 15.9. The molecule has 1 fully saturated rings. The van der Waals surface area contributed by atoms with Crippen LogP contribution in [0.25, 0.3) is 0 Å². The molecular weight excluding hydrogens is 306 g/mol. The van der Waals surface area contributed by atoms with E-state index in [2.05, 4.69) is 42.8 Å². The van der Waals surface area contributed by atoms with Gasteiger partial charge in [0, 0.05) is 26.2 Å². The van der Waals surface area contributed by atoms with Gasteiger partial charge >= 0.3 is 0 Å². The van der Waals surface area contributed by atoms with Crippen LogP contribution in [0, 0.1) is 11.8 Å². The maximum atomic E-state index is 6.57. The van der Waals surface area contributed by atoms with Crippen molar-refractivity contribution in [3.05, 3.63) is 12.2 Å². The Morgan fingerprint density at radius 1 is 1.30 bits per heavy atom. The molecule has 2 rings (SSSR count). The molecule has 0 aromatic carbocycles. The Balaban J connectivity index is 2.02. The number of rotatable bonds is 7. The number of nitrogens with zero attached hydrogens (tertiary/aromatic N) is 3. The van der Waals surface area contributed by atoms with Crippen LogP contribution in [0.2, 0.25) is 0 Å². The summed E-state index contributed by atoms with van der Waals surface area (Å²) in [4.78, 5) is 2.42. The Hall–Kier alpha value is -0.700. The summed E-state index contributed by atoms with van der Waals surface area (Å²) < 4.78 is 0. The molecule has 2 atom stereocenters. The van der Waals surface area contributed by atoms with Crippen LogP contribution in [0.1, 0.15) is 59.3 Å². The van der Waals surface area contributed by atoms with E-state index in [0.717, 1.165) is 43.9 Å². The molecule has 0 aromatic rings. The number of hydrogen-bond donors (Lipinski definition) is 0. The van der Waals surface area contributed by atoms with E-state index in [1.54, 1.807) is 0 Å². The van der Waals surface area contributed by atoms with Crippen molar-refractivity contribution in [3.8, 4) is 0 Å². The summed E-state index contributed by atoms with van der Waals surface area (Å²) >= 11 is 6.57. The van der Waals surface area contributed by atoms with Gasteiger partial charge in [-0.1, -0.05) is 52.2 Å². The van der Waals surface area contributed by atoms with E-state index in [-0.39, 0.29) is 5.38 Å². The molecule has 3 nitrogen and oxygen atoms in total. The smallest absolute Gasteiger partial charge is 0.147 e. The van der Waals surface area contributed by atoms with E-state index < -0.39 is 0 Å². The molecule has 1 saturated heterocycles. The molecule has 0 radical (unpaired) electrons. The highest BCUT2D eigenvalue weighted by atomic mass is 35.5. The average Bonchev–Trinajstić information content (AvgIpc) is 2.56. The fourth-order valence-corrected chi connectivity index (χ4v) is 3.70. The predicted molar refractivity (Wildman–Crippen MR) is 101 cm³/mol. The zero-order valence-electron chi connectivity index (χ0n) is 15.2. The Morgan fingerprint density at radius 2 is 2.04 bits per heavy atom. The van der Waals surface area contributed by atoms with Gasteiger partial charge in [-0.2, -0.15) is 5.10 Å². The lowest BCUT2D eigenvalue weighted by molar-refractivity contribution is 0.194. The average molecular weight is 340 g/mol. The minimum atomic E-state index is -0.0771. The second-order valence-electron chi connectivity index (χ2n) is 7.25. The molecule has 4 heteroatoms. The van der Waals surface area contributed by atoms with Gasteiger partial charge in [-0.25, -0.2) is 0 Å². The minimum Gasteiger partial charge on any atom is -0.353 e.